The lowest BCUT2D eigenvalue weighted by Crippen LogP contribution is -2.48. The van der Waals surface area contributed by atoms with Gasteiger partial charge in [-0.3, -0.25) is 23.9 Å². The van der Waals surface area contributed by atoms with Gasteiger partial charge in [-0.15, -0.1) is 0 Å². The molecule has 4 aromatic rings. The Hall–Kier alpha value is -4.90. The van der Waals surface area contributed by atoms with Crippen LogP contribution in [0.4, 0.5) is 0 Å². The molecule has 3 amide bonds. The molecule has 3 aliphatic rings. The maximum absolute atomic E-state index is 14.4. The minimum Gasteiger partial charge on any atom is -0.355 e. The normalized spacial score (nSPS) is 22.4. The summed E-state index contributed by atoms with van der Waals surface area (Å²) in [5.41, 5.74) is 3.98. The lowest BCUT2D eigenvalue weighted by Gasteiger charge is -2.27. The first kappa shape index (κ1) is 32.6. The Bertz CT molecular complexity index is 2010. The lowest BCUT2D eigenvalue weighted by atomic mass is 9.98. The Morgan fingerprint density at radius 2 is 1.90 bits per heavy atom. The van der Waals surface area contributed by atoms with Gasteiger partial charge >= 0.3 is 0 Å². The molecule has 1 saturated carbocycles. The van der Waals surface area contributed by atoms with E-state index in [0.29, 0.717) is 60.4 Å². The van der Waals surface area contributed by atoms with E-state index in [0.717, 1.165) is 28.7 Å². The summed E-state index contributed by atoms with van der Waals surface area (Å²) in [6.07, 6.45) is 11.1. The zero-order chi connectivity index (χ0) is 34.3. The summed E-state index contributed by atoms with van der Waals surface area (Å²) in [4.78, 5) is 64.3. The molecule has 0 unspecified atom stereocenters. The molecule has 2 fully saturated rings. The van der Waals surface area contributed by atoms with Crippen LogP contribution in [-0.4, -0.2) is 66.8 Å². The highest BCUT2D eigenvalue weighted by molar-refractivity contribution is 6.30. The Labute approximate surface area is 289 Å². The standard InChI is InChI=1S/C37H38ClN7O4/c1-22(46)34-29-14-26(27-18-39-23(2)40-19-27)13-25-9-5-3-4-6-11-32(47)42-21-37-15-30(36(49)41-17-24-8-7-10-28(38)12-24)45(31(37)16-37)33(48)20-44(43-34)35(25)29/h3,5,7-8,10,12-14,18-19,30-31H,4,6,9,11,15-17,20-21H2,1-2H3,(H,41,49)(H,42,47)/t30-,31+,37-/m0/s1. The van der Waals surface area contributed by atoms with Gasteiger partial charge in [-0.2, -0.15) is 5.10 Å². The predicted octanol–water partition coefficient (Wildman–Crippen LogP) is 4.73. The summed E-state index contributed by atoms with van der Waals surface area (Å²) >= 11 is 6.16. The van der Waals surface area contributed by atoms with Gasteiger partial charge in [0.1, 0.15) is 24.1 Å². The number of halogens is 1. The molecule has 2 bridgehead atoms. The average Bonchev–Trinajstić information content (AvgIpc) is 3.49. The second kappa shape index (κ2) is 13.2. The SMILES string of the molecule is CC(=O)c1nn2c3c(cc(-c4cnc(C)nc4)cc13)CC=CCCCC(=O)NC[C@@]13C[C@@H](C(=O)NCc4cccc(Cl)c4)N(C(=O)C2)[C@@H]1C3. The summed E-state index contributed by atoms with van der Waals surface area (Å²) in [5, 5.41) is 12.0. The van der Waals surface area contributed by atoms with Gasteiger partial charge in [0.05, 0.1) is 5.52 Å². The number of Topliss-reactive ketones (excluding diaryl/α,β-unsaturated/α-hetero) is 1. The first-order chi connectivity index (χ1) is 23.6. The zero-order valence-electron chi connectivity index (χ0n) is 27.5. The van der Waals surface area contributed by atoms with Crippen LogP contribution in [0, 0.1) is 12.3 Å². The van der Waals surface area contributed by atoms with Crippen molar-refractivity contribution in [1.82, 2.24) is 35.3 Å². The summed E-state index contributed by atoms with van der Waals surface area (Å²) in [5.74, 6) is -0.116. The molecule has 3 atom stereocenters. The number of hydrogen-bond acceptors (Lipinski definition) is 7. The molecule has 1 aliphatic carbocycles. The molecule has 1 saturated heterocycles. The van der Waals surface area contributed by atoms with Gasteiger partial charge in [-0.25, -0.2) is 9.97 Å². The van der Waals surface area contributed by atoms with E-state index in [1.165, 1.54) is 6.92 Å². The monoisotopic (exact) mass is 679 g/mol. The van der Waals surface area contributed by atoms with Crippen molar-refractivity contribution in [3.63, 3.8) is 0 Å². The second-order valence-corrected chi connectivity index (χ2v) is 13.8. The highest BCUT2D eigenvalue weighted by Crippen LogP contribution is 2.59. The van der Waals surface area contributed by atoms with Crippen LogP contribution in [0.3, 0.4) is 0 Å². The molecule has 0 spiro atoms. The molecule has 2 aromatic heterocycles. The number of nitrogens with one attached hydrogen (secondary N) is 2. The van der Waals surface area contributed by atoms with E-state index >= 15 is 0 Å². The molecule has 2 aromatic carbocycles. The summed E-state index contributed by atoms with van der Waals surface area (Å²) in [6.45, 7) is 3.82. The van der Waals surface area contributed by atoms with E-state index in [9.17, 15) is 19.2 Å². The Kier molecular flexibility index (Phi) is 8.79. The smallest absolute Gasteiger partial charge is 0.245 e. The van der Waals surface area contributed by atoms with Crippen molar-refractivity contribution in [2.45, 2.75) is 77.5 Å². The number of rotatable bonds is 5. The van der Waals surface area contributed by atoms with Crippen LogP contribution in [0.1, 0.15) is 66.5 Å². The number of carbonyl (C=O) groups is 4. The fourth-order valence-corrected chi connectivity index (χ4v) is 7.56. The zero-order valence-corrected chi connectivity index (χ0v) is 28.3. The van der Waals surface area contributed by atoms with Crippen molar-refractivity contribution in [3.8, 4) is 11.1 Å². The van der Waals surface area contributed by atoms with Crippen LogP contribution in [0.5, 0.6) is 0 Å². The van der Waals surface area contributed by atoms with Gasteiger partial charge in [0.15, 0.2) is 5.78 Å². The van der Waals surface area contributed by atoms with Crippen molar-refractivity contribution in [3.05, 3.63) is 88.6 Å². The minimum atomic E-state index is -0.717. The summed E-state index contributed by atoms with van der Waals surface area (Å²) < 4.78 is 1.62. The molecule has 0 radical (unpaired) electrons. The Morgan fingerprint density at radius 1 is 1.08 bits per heavy atom. The van der Waals surface area contributed by atoms with E-state index in [2.05, 4.69) is 26.7 Å². The van der Waals surface area contributed by atoms with Crippen LogP contribution in [-0.2, 0) is 33.9 Å². The number of carbonyl (C=O) groups excluding carboxylic acids is 4. The van der Waals surface area contributed by atoms with E-state index in [4.69, 9.17) is 16.7 Å². The van der Waals surface area contributed by atoms with Crippen molar-refractivity contribution < 1.29 is 19.2 Å². The van der Waals surface area contributed by atoms with E-state index in [-0.39, 0.29) is 53.7 Å². The molecule has 7 rings (SSSR count). The predicted molar refractivity (Wildman–Crippen MR) is 185 cm³/mol. The molecule has 2 N–H and O–H groups in total. The van der Waals surface area contributed by atoms with Gasteiger partial charge in [-0.05, 0) is 80.0 Å². The van der Waals surface area contributed by atoms with Gasteiger partial charge < -0.3 is 15.5 Å². The summed E-state index contributed by atoms with van der Waals surface area (Å²) in [6, 6.07) is 10.3. The molecule has 12 heteroatoms. The van der Waals surface area contributed by atoms with E-state index < -0.39 is 6.04 Å². The van der Waals surface area contributed by atoms with E-state index in [1.807, 2.05) is 37.3 Å². The Morgan fingerprint density at radius 3 is 2.67 bits per heavy atom. The maximum Gasteiger partial charge on any atom is 0.245 e. The Balaban J connectivity index is 1.27. The van der Waals surface area contributed by atoms with Crippen LogP contribution < -0.4 is 10.6 Å². The van der Waals surface area contributed by atoms with Crippen LogP contribution in [0.15, 0.2) is 60.9 Å². The number of piperidine rings is 1. The van der Waals surface area contributed by atoms with Crippen LogP contribution in [0.25, 0.3) is 22.0 Å². The number of benzene rings is 2. The molecule has 252 valence electrons. The molecule has 4 heterocycles. The molecule has 11 nitrogen and oxygen atoms in total. The minimum absolute atomic E-state index is 0.0314. The maximum atomic E-state index is 14.4. The highest BCUT2D eigenvalue weighted by Gasteiger charge is 2.67. The van der Waals surface area contributed by atoms with Crippen LogP contribution >= 0.6 is 11.6 Å². The summed E-state index contributed by atoms with van der Waals surface area (Å²) in [7, 11) is 0. The lowest BCUT2D eigenvalue weighted by molar-refractivity contribution is -0.140. The fourth-order valence-electron chi connectivity index (χ4n) is 7.35. The van der Waals surface area contributed by atoms with Gasteiger partial charge in [0.2, 0.25) is 17.7 Å². The molecular weight excluding hydrogens is 642 g/mol. The number of nitrogens with zero attached hydrogens (tertiary/aromatic N) is 5. The number of allylic oxidation sites excluding steroid dienone is 2. The topological polar surface area (TPSA) is 139 Å². The molecular formula is C37H38ClN7O4. The third-order valence-corrected chi connectivity index (χ3v) is 10.2. The van der Waals surface area contributed by atoms with Crippen molar-refractivity contribution in [2.24, 2.45) is 5.41 Å². The van der Waals surface area contributed by atoms with Gasteiger partial charge in [0, 0.05) is 66.3 Å². The van der Waals surface area contributed by atoms with Gasteiger partial charge in [0.25, 0.3) is 0 Å². The van der Waals surface area contributed by atoms with E-state index in [1.54, 1.807) is 34.1 Å². The first-order valence-electron chi connectivity index (χ1n) is 16.7. The number of aromatic nitrogens is 4. The first-order valence-corrected chi connectivity index (χ1v) is 17.1. The van der Waals surface area contributed by atoms with Crippen molar-refractivity contribution in [2.75, 3.05) is 6.54 Å². The average molecular weight is 680 g/mol. The largest absolute Gasteiger partial charge is 0.355 e. The molecule has 49 heavy (non-hydrogen) atoms. The van der Waals surface area contributed by atoms with Crippen molar-refractivity contribution in [1.29, 1.82) is 0 Å². The number of amides is 3. The number of aryl methyl sites for hydroxylation is 1. The quantitative estimate of drug-likeness (QED) is 0.230. The van der Waals surface area contributed by atoms with Crippen molar-refractivity contribution >= 4 is 46.0 Å². The van der Waals surface area contributed by atoms with Gasteiger partial charge in [-0.1, -0.05) is 35.9 Å². The highest BCUT2D eigenvalue weighted by atomic mass is 35.5. The fraction of sp³-hybridized carbons (Fsp3) is 0.378. The molecule has 2 aliphatic heterocycles. The number of hydrogen-bond donors (Lipinski definition) is 2. The second-order valence-electron chi connectivity index (χ2n) is 13.4. The third kappa shape index (κ3) is 6.59. The number of ketones is 1. The van der Waals surface area contributed by atoms with Crippen LogP contribution in [0.2, 0.25) is 5.02 Å². The third-order valence-electron chi connectivity index (χ3n) is 9.94.